The molecule has 4 nitrogen and oxygen atoms in total. The molecule has 1 unspecified atom stereocenters. The average molecular weight is 266 g/mol. The third-order valence-electron chi connectivity index (χ3n) is 5.24. The molecule has 0 amide bonds. The Kier molecular flexibility index (Phi) is 3.21. The fourth-order valence-corrected chi connectivity index (χ4v) is 3.40. The van der Waals surface area contributed by atoms with Gasteiger partial charge in [0.15, 0.2) is 5.75 Å². The van der Waals surface area contributed by atoms with E-state index in [0.717, 1.165) is 5.69 Å². The number of nitrogens with zero attached hydrogens (tertiary/aromatic N) is 2. The van der Waals surface area contributed by atoms with Crippen LogP contribution in [0.1, 0.15) is 59.4 Å². The summed E-state index contributed by atoms with van der Waals surface area (Å²) in [6, 6.07) is 0.207. The first-order valence-electron chi connectivity index (χ1n) is 6.95. The summed E-state index contributed by atoms with van der Waals surface area (Å²) in [6.45, 7) is 13.0. The van der Waals surface area contributed by atoms with Gasteiger partial charge in [0, 0.05) is 12.0 Å². The van der Waals surface area contributed by atoms with Gasteiger partial charge in [0.25, 0.3) is 0 Å². The molecule has 1 aliphatic carbocycles. The van der Waals surface area contributed by atoms with E-state index in [1.54, 1.807) is 13.3 Å². The molecule has 1 atom stereocenters. The van der Waals surface area contributed by atoms with Crippen molar-refractivity contribution in [2.75, 3.05) is 7.11 Å². The number of hydrogen-bond acceptors (Lipinski definition) is 3. The van der Waals surface area contributed by atoms with Crippen LogP contribution < -0.4 is 4.74 Å². The van der Waals surface area contributed by atoms with E-state index in [2.05, 4.69) is 46.6 Å². The van der Waals surface area contributed by atoms with E-state index in [-0.39, 0.29) is 22.8 Å². The Morgan fingerprint density at radius 1 is 1.26 bits per heavy atom. The van der Waals surface area contributed by atoms with Gasteiger partial charge < -0.3 is 9.84 Å². The van der Waals surface area contributed by atoms with Crippen LogP contribution in [0.5, 0.6) is 5.75 Å². The fourth-order valence-electron chi connectivity index (χ4n) is 3.40. The Hall–Kier alpha value is -1.03. The van der Waals surface area contributed by atoms with Crippen LogP contribution in [0, 0.1) is 16.7 Å². The molecule has 0 saturated heterocycles. The van der Waals surface area contributed by atoms with Crippen LogP contribution in [0.2, 0.25) is 0 Å². The monoisotopic (exact) mass is 266 g/mol. The Bertz CT molecular complexity index is 460. The lowest BCUT2D eigenvalue weighted by Crippen LogP contribution is -2.15. The number of aromatic nitrogens is 2. The second kappa shape index (κ2) is 4.23. The van der Waals surface area contributed by atoms with Gasteiger partial charge in [-0.3, -0.25) is 4.68 Å². The molecule has 1 heterocycles. The second-order valence-electron chi connectivity index (χ2n) is 7.00. The zero-order valence-corrected chi connectivity index (χ0v) is 13.1. The molecular formula is C15H26N2O2. The summed E-state index contributed by atoms with van der Waals surface area (Å²) < 4.78 is 7.24. The van der Waals surface area contributed by atoms with Crippen LogP contribution in [0.25, 0.3) is 0 Å². The molecule has 0 spiro atoms. The van der Waals surface area contributed by atoms with E-state index in [9.17, 15) is 5.11 Å². The molecular weight excluding hydrogens is 240 g/mol. The predicted molar refractivity (Wildman–Crippen MR) is 75.2 cm³/mol. The predicted octanol–water partition coefficient (Wildman–Crippen LogP) is 3.19. The highest BCUT2D eigenvalue weighted by molar-refractivity contribution is 5.32. The summed E-state index contributed by atoms with van der Waals surface area (Å²) in [5.41, 5.74) is 1.06. The molecule has 4 heteroatoms. The largest absolute Gasteiger partial charge is 0.493 e. The molecule has 1 aromatic rings. The maximum atomic E-state index is 10.8. The lowest BCUT2D eigenvalue weighted by atomic mass is 10.0. The number of ether oxygens (including phenoxy) is 1. The number of aliphatic hydroxyl groups is 1. The van der Waals surface area contributed by atoms with Crippen molar-refractivity contribution in [3.05, 3.63) is 11.9 Å². The normalized spacial score (nSPS) is 22.6. The highest BCUT2D eigenvalue weighted by Gasteiger charge is 2.68. The first-order chi connectivity index (χ1) is 8.66. The lowest BCUT2D eigenvalue weighted by Gasteiger charge is -2.18. The van der Waals surface area contributed by atoms with Crippen LogP contribution in [-0.4, -0.2) is 22.0 Å². The first-order valence-corrected chi connectivity index (χ1v) is 6.95. The van der Waals surface area contributed by atoms with Gasteiger partial charge >= 0.3 is 0 Å². The van der Waals surface area contributed by atoms with E-state index >= 15 is 0 Å². The van der Waals surface area contributed by atoms with Gasteiger partial charge in [0.05, 0.1) is 13.3 Å². The van der Waals surface area contributed by atoms with E-state index in [1.165, 1.54) is 0 Å². The molecule has 108 valence electrons. The minimum absolute atomic E-state index is 0.128. The molecule has 1 saturated carbocycles. The van der Waals surface area contributed by atoms with Crippen LogP contribution in [0.3, 0.4) is 0 Å². The van der Waals surface area contributed by atoms with Gasteiger partial charge in [-0.1, -0.05) is 27.7 Å². The van der Waals surface area contributed by atoms with Crippen molar-refractivity contribution in [2.24, 2.45) is 16.7 Å². The number of aliphatic hydroxyl groups excluding tert-OH is 1. The number of methoxy groups -OCH3 is 1. The quantitative estimate of drug-likeness (QED) is 0.910. The van der Waals surface area contributed by atoms with Gasteiger partial charge in [-0.2, -0.15) is 5.10 Å². The Balaban J connectivity index is 2.40. The van der Waals surface area contributed by atoms with E-state index in [0.29, 0.717) is 5.75 Å². The standard InChI is InChI=1S/C15H26N2O2/c1-9(2)17-11(10(19-7)8-16-17)12(18)13-14(3,4)15(13,5)6/h8-9,12-13,18H,1-7H3. The zero-order valence-electron chi connectivity index (χ0n) is 13.1. The minimum Gasteiger partial charge on any atom is -0.493 e. The van der Waals surface area contributed by atoms with Crippen LogP contribution in [0.15, 0.2) is 6.20 Å². The molecule has 1 fully saturated rings. The van der Waals surface area contributed by atoms with Crippen molar-refractivity contribution in [3.63, 3.8) is 0 Å². The summed E-state index contributed by atoms with van der Waals surface area (Å²) in [4.78, 5) is 0. The van der Waals surface area contributed by atoms with Gasteiger partial charge in [0.2, 0.25) is 0 Å². The Morgan fingerprint density at radius 3 is 2.16 bits per heavy atom. The van der Waals surface area contributed by atoms with Gasteiger partial charge in [-0.25, -0.2) is 0 Å². The van der Waals surface area contributed by atoms with Crippen molar-refractivity contribution in [1.29, 1.82) is 0 Å². The molecule has 0 radical (unpaired) electrons. The Morgan fingerprint density at radius 2 is 1.79 bits per heavy atom. The van der Waals surface area contributed by atoms with Gasteiger partial charge in [0.1, 0.15) is 11.8 Å². The first kappa shape index (κ1) is 14.4. The summed E-state index contributed by atoms with van der Waals surface area (Å²) >= 11 is 0. The highest BCUT2D eigenvalue weighted by atomic mass is 16.5. The molecule has 0 aliphatic heterocycles. The van der Waals surface area contributed by atoms with E-state index in [4.69, 9.17) is 4.74 Å². The molecule has 0 bridgehead atoms. The smallest absolute Gasteiger partial charge is 0.162 e. The van der Waals surface area contributed by atoms with Crippen molar-refractivity contribution >= 4 is 0 Å². The molecule has 1 aliphatic rings. The SMILES string of the molecule is COc1cnn(C(C)C)c1C(O)C1C(C)(C)C1(C)C. The summed E-state index contributed by atoms with van der Waals surface area (Å²) in [5.74, 6) is 0.905. The van der Waals surface area contributed by atoms with Gasteiger partial charge in [-0.05, 0) is 24.7 Å². The highest BCUT2D eigenvalue weighted by Crippen LogP contribution is 2.72. The Labute approximate surface area is 115 Å². The molecule has 1 N–H and O–H groups in total. The van der Waals surface area contributed by atoms with Gasteiger partial charge in [-0.15, -0.1) is 0 Å². The topological polar surface area (TPSA) is 47.3 Å². The summed E-state index contributed by atoms with van der Waals surface area (Å²) in [5, 5.41) is 15.2. The van der Waals surface area contributed by atoms with Crippen LogP contribution in [0.4, 0.5) is 0 Å². The van der Waals surface area contributed by atoms with Crippen LogP contribution in [-0.2, 0) is 0 Å². The third-order valence-corrected chi connectivity index (χ3v) is 5.24. The van der Waals surface area contributed by atoms with E-state index in [1.807, 2.05) is 4.68 Å². The summed E-state index contributed by atoms with van der Waals surface area (Å²) in [7, 11) is 1.63. The number of rotatable bonds is 4. The van der Waals surface area contributed by atoms with Crippen molar-refractivity contribution in [3.8, 4) is 5.75 Å². The second-order valence-corrected chi connectivity index (χ2v) is 7.00. The lowest BCUT2D eigenvalue weighted by molar-refractivity contribution is 0.116. The maximum Gasteiger partial charge on any atom is 0.162 e. The molecule has 19 heavy (non-hydrogen) atoms. The summed E-state index contributed by atoms with van der Waals surface area (Å²) in [6.07, 6.45) is 1.16. The van der Waals surface area contributed by atoms with Crippen molar-refractivity contribution < 1.29 is 9.84 Å². The van der Waals surface area contributed by atoms with Crippen molar-refractivity contribution in [1.82, 2.24) is 9.78 Å². The van der Waals surface area contributed by atoms with E-state index < -0.39 is 6.10 Å². The molecule has 1 aromatic heterocycles. The zero-order chi connectivity index (χ0) is 14.6. The maximum absolute atomic E-state index is 10.8. The molecule has 0 aromatic carbocycles. The number of hydrogen-bond donors (Lipinski definition) is 1. The fraction of sp³-hybridized carbons (Fsp3) is 0.800. The third kappa shape index (κ3) is 1.88. The van der Waals surface area contributed by atoms with Crippen molar-refractivity contribution in [2.45, 2.75) is 53.7 Å². The average Bonchev–Trinajstić information content (AvgIpc) is 2.67. The molecule has 2 rings (SSSR count). The minimum atomic E-state index is -0.537. The van der Waals surface area contributed by atoms with Crippen LogP contribution >= 0.6 is 0 Å².